The third kappa shape index (κ3) is 2.25. The summed E-state index contributed by atoms with van der Waals surface area (Å²) in [4.78, 5) is 12.4. The van der Waals surface area contributed by atoms with Gasteiger partial charge in [0.2, 0.25) is 0 Å². The normalized spacial score (nSPS) is 14.8. The summed E-state index contributed by atoms with van der Waals surface area (Å²) in [5.41, 5.74) is 6.47. The first-order valence-electron chi connectivity index (χ1n) is 5.96. The highest BCUT2D eigenvalue weighted by atomic mass is 32.2. The van der Waals surface area contributed by atoms with Gasteiger partial charge in [0.25, 0.3) is 0 Å². The van der Waals surface area contributed by atoms with E-state index in [2.05, 4.69) is 10.2 Å². The smallest absolute Gasteiger partial charge is 0.344 e. The minimum atomic E-state index is -0.330. The Labute approximate surface area is 113 Å². The van der Waals surface area contributed by atoms with E-state index in [0.717, 1.165) is 12.8 Å². The molecule has 1 saturated carbocycles. The van der Waals surface area contributed by atoms with E-state index < -0.39 is 0 Å². The zero-order chi connectivity index (χ0) is 13.6. The maximum atomic E-state index is 13.4. The van der Waals surface area contributed by atoms with Gasteiger partial charge >= 0.3 is 5.69 Å². The second-order valence-corrected chi connectivity index (χ2v) is 5.66. The summed E-state index contributed by atoms with van der Waals surface area (Å²) >= 11 is 1.28. The SMILES string of the molecule is Cc1cc(Sc2n[nH]c(=O)n2C2CC2)c(N)cc1F. The first kappa shape index (κ1) is 12.3. The number of nitrogens with two attached hydrogens (primary N) is 1. The maximum absolute atomic E-state index is 13.4. The van der Waals surface area contributed by atoms with Crippen molar-refractivity contribution < 1.29 is 4.39 Å². The number of aryl methyl sites for hydroxylation is 1. The van der Waals surface area contributed by atoms with Crippen LogP contribution in [-0.2, 0) is 0 Å². The Bertz CT molecular complexity index is 690. The fourth-order valence-electron chi connectivity index (χ4n) is 1.87. The van der Waals surface area contributed by atoms with Crippen molar-refractivity contribution in [3.8, 4) is 0 Å². The molecule has 5 nitrogen and oxygen atoms in total. The molecule has 3 rings (SSSR count). The number of aromatic nitrogens is 3. The van der Waals surface area contributed by atoms with Crippen LogP contribution < -0.4 is 11.4 Å². The molecule has 1 heterocycles. The van der Waals surface area contributed by atoms with Gasteiger partial charge < -0.3 is 5.73 Å². The van der Waals surface area contributed by atoms with Crippen LogP contribution in [0.1, 0.15) is 24.4 Å². The lowest BCUT2D eigenvalue weighted by molar-refractivity contribution is 0.617. The number of H-pyrrole nitrogens is 1. The maximum Gasteiger partial charge on any atom is 0.344 e. The lowest BCUT2D eigenvalue weighted by Crippen LogP contribution is -2.16. The van der Waals surface area contributed by atoms with Crippen molar-refractivity contribution in [3.63, 3.8) is 0 Å². The van der Waals surface area contributed by atoms with Gasteiger partial charge in [-0.2, -0.15) is 0 Å². The van der Waals surface area contributed by atoms with Crippen molar-refractivity contribution in [2.24, 2.45) is 0 Å². The Morgan fingerprint density at radius 3 is 2.95 bits per heavy atom. The summed E-state index contributed by atoms with van der Waals surface area (Å²) in [6.45, 7) is 1.68. The number of benzene rings is 1. The van der Waals surface area contributed by atoms with Crippen molar-refractivity contribution in [3.05, 3.63) is 34.0 Å². The van der Waals surface area contributed by atoms with Gasteiger partial charge in [-0.25, -0.2) is 14.3 Å². The molecule has 19 heavy (non-hydrogen) atoms. The van der Waals surface area contributed by atoms with Gasteiger partial charge in [-0.05, 0) is 49.2 Å². The molecule has 0 spiro atoms. The van der Waals surface area contributed by atoms with E-state index in [4.69, 9.17) is 5.73 Å². The molecule has 0 unspecified atom stereocenters. The van der Waals surface area contributed by atoms with Gasteiger partial charge in [0, 0.05) is 16.6 Å². The van der Waals surface area contributed by atoms with Crippen molar-refractivity contribution in [1.82, 2.24) is 14.8 Å². The summed E-state index contributed by atoms with van der Waals surface area (Å²) in [6.07, 6.45) is 1.98. The predicted molar refractivity (Wildman–Crippen MR) is 70.8 cm³/mol. The van der Waals surface area contributed by atoms with Gasteiger partial charge in [0.05, 0.1) is 0 Å². The van der Waals surface area contributed by atoms with Crippen LogP contribution in [0.3, 0.4) is 0 Å². The van der Waals surface area contributed by atoms with Crippen LogP contribution in [0.5, 0.6) is 0 Å². The van der Waals surface area contributed by atoms with E-state index >= 15 is 0 Å². The van der Waals surface area contributed by atoms with Crippen LogP contribution in [0.25, 0.3) is 0 Å². The largest absolute Gasteiger partial charge is 0.398 e. The molecular weight excluding hydrogens is 267 g/mol. The molecular formula is C12H13FN4OS. The molecule has 0 aliphatic heterocycles. The molecule has 0 saturated heterocycles. The summed E-state index contributed by atoms with van der Waals surface area (Å²) in [5.74, 6) is -0.330. The predicted octanol–water partition coefficient (Wildman–Crippen LogP) is 2.09. The van der Waals surface area contributed by atoms with Crippen LogP contribution >= 0.6 is 11.8 Å². The molecule has 1 aromatic carbocycles. The fraction of sp³-hybridized carbons (Fsp3) is 0.333. The average Bonchev–Trinajstić information content (AvgIpc) is 3.12. The number of aromatic amines is 1. The zero-order valence-electron chi connectivity index (χ0n) is 10.3. The van der Waals surface area contributed by atoms with E-state index in [1.807, 2.05) is 0 Å². The molecule has 0 atom stereocenters. The second kappa shape index (κ2) is 4.41. The van der Waals surface area contributed by atoms with Crippen LogP contribution in [0.2, 0.25) is 0 Å². The lowest BCUT2D eigenvalue weighted by Gasteiger charge is -2.07. The molecule has 0 bridgehead atoms. The third-order valence-electron chi connectivity index (χ3n) is 3.08. The molecule has 2 aromatic rings. The van der Waals surface area contributed by atoms with Gasteiger partial charge in [0.15, 0.2) is 5.16 Å². The first-order chi connectivity index (χ1) is 9.06. The van der Waals surface area contributed by atoms with Gasteiger partial charge in [-0.15, -0.1) is 5.10 Å². The molecule has 1 aliphatic rings. The van der Waals surface area contributed by atoms with E-state index in [9.17, 15) is 9.18 Å². The van der Waals surface area contributed by atoms with Crippen LogP contribution in [0, 0.1) is 12.7 Å². The Morgan fingerprint density at radius 2 is 2.26 bits per heavy atom. The number of anilines is 1. The topological polar surface area (TPSA) is 76.7 Å². The highest BCUT2D eigenvalue weighted by molar-refractivity contribution is 7.99. The summed E-state index contributed by atoms with van der Waals surface area (Å²) < 4.78 is 15.0. The second-order valence-electron chi connectivity index (χ2n) is 4.65. The molecule has 7 heteroatoms. The van der Waals surface area contributed by atoms with Crippen LogP contribution in [-0.4, -0.2) is 14.8 Å². The van der Waals surface area contributed by atoms with Gasteiger partial charge in [0.1, 0.15) is 5.82 Å². The van der Waals surface area contributed by atoms with Gasteiger partial charge in [-0.1, -0.05) is 0 Å². The number of halogens is 1. The number of nitrogens with zero attached hydrogens (tertiary/aromatic N) is 2. The lowest BCUT2D eigenvalue weighted by atomic mass is 10.2. The molecule has 3 N–H and O–H groups in total. The van der Waals surface area contributed by atoms with Crippen molar-refractivity contribution in [2.45, 2.75) is 35.9 Å². The minimum absolute atomic E-state index is 0.206. The minimum Gasteiger partial charge on any atom is -0.398 e. The summed E-state index contributed by atoms with van der Waals surface area (Å²) in [6, 6.07) is 3.20. The third-order valence-corrected chi connectivity index (χ3v) is 4.12. The van der Waals surface area contributed by atoms with E-state index in [1.54, 1.807) is 17.6 Å². The van der Waals surface area contributed by atoms with Crippen molar-refractivity contribution in [2.75, 3.05) is 5.73 Å². The number of hydrogen-bond acceptors (Lipinski definition) is 4. The molecule has 0 radical (unpaired) electrons. The Hall–Kier alpha value is -1.76. The van der Waals surface area contributed by atoms with E-state index in [1.165, 1.54) is 17.8 Å². The Morgan fingerprint density at radius 1 is 1.53 bits per heavy atom. The standard InChI is InChI=1S/C12H13FN4OS/c1-6-4-10(9(14)5-8(6)13)19-12-16-15-11(18)17(12)7-2-3-7/h4-5,7H,2-3,14H2,1H3,(H,15,18). The van der Waals surface area contributed by atoms with Crippen LogP contribution in [0.15, 0.2) is 27.0 Å². The summed E-state index contributed by atoms with van der Waals surface area (Å²) in [7, 11) is 0. The fourth-order valence-corrected chi connectivity index (χ4v) is 2.90. The van der Waals surface area contributed by atoms with E-state index in [-0.39, 0.29) is 17.5 Å². The number of rotatable bonds is 3. The number of nitrogens with one attached hydrogen (secondary N) is 1. The monoisotopic (exact) mass is 280 g/mol. The molecule has 100 valence electrons. The molecule has 1 aromatic heterocycles. The average molecular weight is 280 g/mol. The molecule has 1 fully saturated rings. The summed E-state index contributed by atoms with van der Waals surface area (Å²) in [5, 5.41) is 7.02. The van der Waals surface area contributed by atoms with Crippen molar-refractivity contribution >= 4 is 17.4 Å². The Balaban J connectivity index is 1.98. The Kier molecular flexibility index (Phi) is 2.85. The zero-order valence-corrected chi connectivity index (χ0v) is 11.1. The first-order valence-corrected chi connectivity index (χ1v) is 6.78. The van der Waals surface area contributed by atoms with Gasteiger partial charge in [-0.3, -0.25) is 4.57 Å². The molecule has 1 aliphatic carbocycles. The molecule has 0 amide bonds. The van der Waals surface area contributed by atoms with Crippen molar-refractivity contribution in [1.29, 1.82) is 0 Å². The highest BCUT2D eigenvalue weighted by Gasteiger charge is 2.29. The highest BCUT2D eigenvalue weighted by Crippen LogP contribution is 2.39. The number of nitrogen functional groups attached to an aromatic ring is 1. The van der Waals surface area contributed by atoms with Crippen LogP contribution in [0.4, 0.5) is 10.1 Å². The number of hydrogen-bond donors (Lipinski definition) is 2. The quantitative estimate of drug-likeness (QED) is 0.844. The van der Waals surface area contributed by atoms with E-state index in [0.29, 0.717) is 21.3 Å².